The number of hydrogen-bond acceptors (Lipinski definition) is 3. The first kappa shape index (κ1) is 12.3. The monoisotopic (exact) mass is 241 g/mol. The molecule has 0 radical (unpaired) electrons. The molecule has 1 heterocycles. The molecular formula is C15H15NO2. The Morgan fingerprint density at radius 3 is 2.50 bits per heavy atom. The first-order chi connectivity index (χ1) is 8.69. The summed E-state index contributed by atoms with van der Waals surface area (Å²) in [7, 11) is 1.38. The van der Waals surface area contributed by atoms with Crippen molar-refractivity contribution in [3.63, 3.8) is 0 Å². The lowest BCUT2D eigenvalue weighted by molar-refractivity contribution is 0.0600. The standard InChI is InChI=1S/C15H15NO2/c1-11-7-13(10-16-9-11)8-12-3-5-14(6-4-12)15(17)18-2/h3-7,9-10H,8H2,1-2H3. The van der Waals surface area contributed by atoms with Crippen molar-refractivity contribution in [1.82, 2.24) is 4.98 Å². The fourth-order valence-electron chi connectivity index (χ4n) is 1.83. The normalized spacial score (nSPS) is 10.1. The number of aromatic nitrogens is 1. The molecule has 0 bridgehead atoms. The second-order valence-electron chi connectivity index (χ2n) is 4.24. The molecule has 3 nitrogen and oxygen atoms in total. The zero-order valence-electron chi connectivity index (χ0n) is 10.5. The van der Waals surface area contributed by atoms with Gasteiger partial charge in [-0.2, -0.15) is 0 Å². The minimum Gasteiger partial charge on any atom is -0.465 e. The number of rotatable bonds is 3. The predicted molar refractivity (Wildman–Crippen MR) is 69.6 cm³/mol. The van der Waals surface area contributed by atoms with Crippen LogP contribution in [-0.4, -0.2) is 18.1 Å². The molecule has 92 valence electrons. The smallest absolute Gasteiger partial charge is 0.337 e. The molecule has 0 spiro atoms. The molecule has 1 aromatic heterocycles. The quantitative estimate of drug-likeness (QED) is 0.776. The predicted octanol–water partition coefficient (Wildman–Crippen LogP) is 2.77. The van der Waals surface area contributed by atoms with Crippen LogP contribution in [0.2, 0.25) is 0 Å². The fourth-order valence-corrected chi connectivity index (χ4v) is 1.83. The van der Waals surface area contributed by atoms with E-state index in [-0.39, 0.29) is 5.97 Å². The lowest BCUT2D eigenvalue weighted by Crippen LogP contribution is -2.01. The van der Waals surface area contributed by atoms with Crippen molar-refractivity contribution >= 4 is 5.97 Å². The zero-order valence-corrected chi connectivity index (χ0v) is 10.5. The van der Waals surface area contributed by atoms with E-state index in [1.165, 1.54) is 12.7 Å². The molecule has 2 rings (SSSR count). The Morgan fingerprint density at radius 2 is 1.89 bits per heavy atom. The molecule has 0 amide bonds. The van der Waals surface area contributed by atoms with Gasteiger partial charge >= 0.3 is 5.97 Å². The molecular weight excluding hydrogens is 226 g/mol. The highest BCUT2D eigenvalue weighted by molar-refractivity contribution is 5.89. The van der Waals surface area contributed by atoms with Crippen LogP contribution in [0, 0.1) is 6.92 Å². The maximum Gasteiger partial charge on any atom is 0.337 e. The van der Waals surface area contributed by atoms with E-state index in [1.807, 2.05) is 31.5 Å². The summed E-state index contributed by atoms with van der Waals surface area (Å²) in [5.41, 5.74) is 4.04. The lowest BCUT2D eigenvalue weighted by Gasteiger charge is -2.04. The molecule has 0 fully saturated rings. The van der Waals surface area contributed by atoms with Gasteiger partial charge in [-0.25, -0.2) is 4.79 Å². The molecule has 0 aliphatic rings. The Kier molecular flexibility index (Phi) is 3.72. The van der Waals surface area contributed by atoms with Gasteiger partial charge in [-0.15, -0.1) is 0 Å². The SMILES string of the molecule is COC(=O)c1ccc(Cc2cncc(C)c2)cc1. The van der Waals surface area contributed by atoms with E-state index in [2.05, 4.69) is 15.8 Å². The average molecular weight is 241 g/mol. The van der Waals surface area contributed by atoms with Crippen molar-refractivity contribution in [3.8, 4) is 0 Å². The summed E-state index contributed by atoms with van der Waals surface area (Å²) in [5.74, 6) is -0.307. The molecule has 18 heavy (non-hydrogen) atoms. The molecule has 1 aromatic carbocycles. The van der Waals surface area contributed by atoms with Gasteiger partial charge in [-0.3, -0.25) is 4.98 Å². The highest BCUT2D eigenvalue weighted by Crippen LogP contribution is 2.11. The minimum atomic E-state index is -0.307. The van der Waals surface area contributed by atoms with Crippen LogP contribution in [-0.2, 0) is 11.2 Å². The van der Waals surface area contributed by atoms with Gasteiger partial charge in [-0.05, 0) is 42.2 Å². The Morgan fingerprint density at radius 1 is 1.17 bits per heavy atom. The van der Waals surface area contributed by atoms with Crippen LogP contribution in [0.25, 0.3) is 0 Å². The van der Waals surface area contributed by atoms with Gasteiger partial charge in [-0.1, -0.05) is 18.2 Å². The van der Waals surface area contributed by atoms with Gasteiger partial charge in [0, 0.05) is 12.4 Å². The number of benzene rings is 1. The number of nitrogens with zero attached hydrogens (tertiary/aromatic N) is 1. The number of aryl methyl sites for hydroxylation is 1. The molecule has 0 N–H and O–H groups in total. The zero-order chi connectivity index (χ0) is 13.0. The van der Waals surface area contributed by atoms with E-state index >= 15 is 0 Å². The van der Waals surface area contributed by atoms with Crippen LogP contribution in [0.1, 0.15) is 27.0 Å². The summed E-state index contributed by atoms with van der Waals surface area (Å²) in [6.45, 7) is 2.02. The number of hydrogen-bond donors (Lipinski definition) is 0. The van der Waals surface area contributed by atoms with Gasteiger partial charge in [0.2, 0.25) is 0 Å². The van der Waals surface area contributed by atoms with E-state index in [9.17, 15) is 4.79 Å². The van der Waals surface area contributed by atoms with Crippen molar-refractivity contribution < 1.29 is 9.53 Å². The Hall–Kier alpha value is -2.16. The molecule has 0 saturated carbocycles. The van der Waals surface area contributed by atoms with E-state index in [0.717, 1.165) is 17.5 Å². The first-order valence-corrected chi connectivity index (χ1v) is 5.77. The third kappa shape index (κ3) is 2.94. The van der Waals surface area contributed by atoms with Crippen LogP contribution in [0.15, 0.2) is 42.7 Å². The van der Waals surface area contributed by atoms with Gasteiger partial charge < -0.3 is 4.74 Å². The van der Waals surface area contributed by atoms with Crippen molar-refractivity contribution in [2.75, 3.05) is 7.11 Å². The summed E-state index contributed by atoms with van der Waals surface area (Å²) in [6.07, 6.45) is 4.52. The molecule has 0 aliphatic heterocycles. The summed E-state index contributed by atoms with van der Waals surface area (Å²) in [5, 5.41) is 0. The second kappa shape index (κ2) is 5.45. The van der Waals surface area contributed by atoms with Crippen LogP contribution in [0.5, 0.6) is 0 Å². The molecule has 0 atom stereocenters. The third-order valence-corrected chi connectivity index (χ3v) is 2.71. The topological polar surface area (TPSA) is 39.2 Å². The average Bonchev–Trinajstić information content (AvgIpc) is 2.39. The highest BCUT2D eigenvalue weighted by Gasteiger charge is 2.04. The van der Waals surface area contributed by atoms with Crippen molar-refractivity contribution in [3.05, 3.63) is 65.0 Å². The summed E-state index contributed by atoms with van der Waals surface area (Å²) >= 11 is 0. The van der Waals surface area contributed by atoms with Crippen LogP contribution in [0.4, 0.5) is 0 Å². The van der Waals surface area contributed by atoms with Crippen molar-refractivity contribution in [1.29, 1.82) is 0 Å². The molecule has 0 saturated heterocycles. The van der Waals surface area contributed by atoms with E-state index < -0.39 is 0 Å². The number of carbonyl (C=O) groups is 1. The summed E-state index contributed by atoms with van der Waals surface area (Å²) < 4.78 is 4.66. The van der Waals surface area contributed by atoms with Crippen LogP contribution < -0.4 is 0 Å². The molecule has 0 unspecified atom stereocenters. The maximum absolute atomic E-state index is 11.3. The van der Waals surface area contributed by atoms with E-state index in [1.54, 1.807) is 12.1 Å². The Bertz CT molecular complexity index is 547. The minimum absolute atomic E-state index is 0.307. The third-order valence-electron chi connectivity index (χ3n) is 2.71. The van der Waals surface area contributed by atoms with Crippen LogP contribution >= 0.6 is 0 Å². The summed E-state index contributed by atoms with van der Waals surface area (Å²) in [4.78, 5) is 15.5. The first-order valence-electron chi connectivity index (χ1n) is 5.77. The van der Waals surface area contributed by atoms with E-state index in [4.69, 9.17) is 0 Å². The Balaban J connectivity index is 2.13. The fraction of sp³-hybridized carbons (Fsp3) is 0.200. The molecule has 0 aliphatic carbocycles. The van der Waals surface area contributed by atoms with Gasteiger partial charge in [0.25, 0.3) is 0 Å². The van der Waals surface area contributed by atoms with Crippen LogP contribution in [0.3, 0.4) is 0 Å². The summed E-state index contributed by atoms with van der Waals surface area (Å²) in [6, 6.07) is 9.55. The number of carbonyl (C=O) groups excluding carboxylic acids is 1. The van der Waals surface area contributed by atoms with Gasteiger partial charge in [0.1, 0.15) is 0 Å². The number of pyridine rings is 1. The lowest BCUT2D eigenvalue weighted by atomic mass is 10.0. The molecule has 3 heteroatoms. The highest BCUT2D eigenvalue weighted by atomic mass is 16.5. The van der Waals surface area contributed by atoms with Gasteiger partial charge in [0.05, 0.1) is 12.7 Å². The van der Waals surface area contributed by atoms with Crippen molar-refractivity contribution in [2.24, 2.45) is 0 Å². The Labute approximate surface area is 106 Å². The number of ether oxygens (including phenoxy) is 1. The van der Waals surface area contributed by atoms with Gasteiger partial charge in [0.15, 0.2) is 0 Å². The number of esters is 1. The maximum atomic E-state index is 11.3. The van der Waals surface area contributed by atoms with E-state index in [0.29, 0.717) is 5.56 Å². The molecule has 2 aromatic rings. The largest absolute Gasteiger partial charge is 0.465 e. The second-order valence-corrected chi connectivity index (χ2v) is 4.24. The number of methoxy groups -OCH3 is 1. The van der Waals surface area contributed by atoms with Crippen molar-refractivity contribution in [2.45, 2.75) is 13.3 Å².